The van der Waals surface area contributed by atoms with E-state index in [-0.39, 0.29) is 5.75 Å². The van der Waals surface area contributed by atoms with Crippen LogP contribution < -0.4 is 0 Å². The van der Waals surface area contributed by atoms with E-state index in [9.17, 15) is 17.2 Å². The minimum atomic E-state index is -4.03. The molecule has 0 rings (SSSR count). The fourth-order valence-corrected chi connectivity index (χ4v) is 4.70. The van der Waals surface area contributed by atoms with Gasteiger partial charge in [-0.2, -0.15) is 0 Å². The Labute approximate surface area is 245 Å². The standard InChI is InChI=1S/C12H27NO2S.C9H22N.C8H19NO3S/c1-12(2)8-6-9-13(3,4)10-7-11-16(5,14)15;1-9(2)7-6-8-10(3,4)5;1-8(2)9(3,4)6-5-7-13(10,11)12/h12H,5-11H2,1-4H3;9H,6-8H2,1-5H3;8H,5-7H2,1-4H3/q;+1;/p+1. The van der Waals surface area contributed by atoms with Gasteiger partial charge in [0.1, 0.15) is 0 Å². The summed E-state index contributed by atoms with van der Waals surface area (Å²) in [5, 5.41) is 0. The number of hydrogen-bond acceptors (Lipinski definition) is 4. The van der Waals surface area contributed by atoms with Crippen LogP contribution in [0, 0.1) is 11.8 Å². The lowest BCUT2D eigenvalue weighted by Crippen LogP contribution is -2.46. The third-order valence-electron chi connectivity index (χ3n) is 6.91. The SMILES string of the molecule is C=S(=O)(O)CCC[N+](C)(C)CCCC(C)C.CC(C)CCC[N+](C)(C)C.CC(C)[N+](C)(C)CCCS(=O)(=O)[O-]. The van der Waals surface area contributed by atoms with Crippen molar-refractivity contribution in [2.24, 2.45) is 11.8 Å². The molecule has 0 fully saturated rings. The van der Waals surface area contributed by atoms with Gasteiger partial charge in [0.15, 0.2) is 0 Å². The van der Waals surface area contributed by atoms with Crippen molar-refractivity contribution in [3.8, 4) is 0 Å². The summed E-state index contributed by atoms with van der Waals surface area (Å²) < 4.78 is 53.8. The lowest BCUT2D eigenvalue weighted by atomic mass is 10.1. The quantitative estimate of drug-likeness (QED) is 0.149. The molecule has 0 heterocycles. The molecule has 0 spiro atoms. The van der Waals surface area contributed by atoms with Gasteiger partial charge in [-0.3, -0.25) is 0 Å². The molecule has 240 valence electrons. The van der Waals surface area contributed by atoms with Crippen LogP contribution in [0.1, 0.15) is 80.1 Å². The molecule has 1 N–H and O–H groups in total. The van der Waals surface area contributed by atoms with Crippen LogP contribution in [0.15, 0.2) is 0 Å². The predicted molar refractivity (Wildman–Crippen MR) is 172 cm³/mol. The zero-order valence-corrected chi connectivity index (χ0v) is 29.8. The molecule has 0 saturated heterocycles. The first-order chi connectivity index (χ1) is 17.2. The van der Waals surface area contributed by atoms with Crippen molar-refractivity contribution in [2.75, 3.05) is 87.0 Å². The van der Waals surface area contributed by atoms with E-state index in [1.807, 2.05) is 14.1 Å². The maximum Gasteiger partial charge on any atom is 0.0948 e. The van der Waals surface area contributed by atoms with Crippen molar-refractivity contribution >= 4 is 25.8 Å². The van der Waals surface area contributed by atoms with E-state index in [1.54, 1.807) is 0 Å². The Hall–Kier alpha value is -0.230. The van der Waals surface area contributed by atoms with Gasteiger partial charge in [-0.15, -0.1) is 0 Å². The van der Waals surface area contributed by atoms with E-state index in [2.05, 4.69) is 82.7 Å². The molecular weight excluding hydrogens is 534 g/mol. The Bertz CT molecular complexity index is 814. The Morgan fingerprint density at radius 1 is 0.667 bits per heavy atom. The summed E-state index contributed by atoms with van der Waals surface area (Å²) in [7, 11) is 8.35. The van der Waals surface area contributed by atoms with E-state index >= 15 is 0 Å². The molecule has 0 aliphatic rings. The second-order valence-corrected chi connectivity index (χ2v) is 18.0. The molecule has 0 saturated carbocycles. The third-order valence-corrected chi connectivity index (χ3v) is 8.62. The third kappa shape index (κ3) is 37.8. The van der Waals surface area contributed by atoms with Gasteiger partial charge in [-0.05, 0) is 57.2 Å². The number of rotatable bonds is 17. The lowest BCUT2D eigenvalue weighted by molar-refractivity contribution is -0.911. The Morgan fingerprint density at radius 3 is 1.38 bits per heavy atom. The lowest BCUT2D eigenvalue weighted by Gasteiger charge is -2.34. The molecule has 0 radical (unpaired) electrons. The van der Waals surface area contributed by atoms with Crippen LogP contribution in [0.2, 0.25) is 0 Å². The molecule has 0 aromatic carbocycles. The maximum absolute atomic E-state index is 11.0. The van der Waals surface area contributed by atoms with E-state index in [0.717, 1.165) is 51.3 Å². The predicted octanol–water partition coefficient (Wildman–Crippen LogP) is 4.61. The van der Waals surface area contributed by atoms with Gasteiger partial charge in [-0.25, -0.2) is 12.6 Å². The highest BCUT2D eigenvalue weighted by Crippen LogP contribution is 2.09. The van der Waals surface area contributed by atoms with Crippen LogP contribution in [0.5, 0.6) is 0 Å². The van der Waals surface area contributed by atoms with Gasteiger partial charge < -0.3 is 22.6 Å². The molecule has 0 amide bonds. The maximum atomic E-state index is 11.0. The molecule has 0 aromatic rings. The second kappa shape index (κ2) is 19.8. The summed E-state index contributed by atoms with van der Waals surface area (Å²) in [4.78, 5) is 0. The highest BCUT2D eigenvalue weighted by atomic mass is 32.2. The van der Waals surface area contributed by atoms with E-state index in [4.69, 9.17) is 4.55 Å². The van der Waals surface area contributed by atoms with Gasteiger partial charge in [0.25, 0.3) is 0 Å². The monoisotopic (exact) mass is 603 g/mol. The molecule has 0 aliphatic carbocycles. The van der Waals surface area contributed by atoms with Crippen molar-refractivity contribution in [3.63, 3.8) is 0 Å². The minimum Gasteiger partial charge on any atom is -0.748 e. The highest BCUT2D eigenvalue weighted by molar-refractivity contribution is 7.95. The summed E-state index contributed by atoms with van der Waals surface area (Å²) >= 11 is 0. The topological polar surface area (TPSA) is 94.5 Å². The summed E-state index contributed by atoms with van der Waals surface area (Å²) in [6.45, 7) is 17.3. The van der Waals surface area contributed by atoms with Gasteiger partial charge >= 0.3 is 0 Å². The molecule has 1 unspecified atom stereocenters. The minimum absolute atomic E-state index is 0.249. The first-order valence-corrected chi connectivity index (χ1v) is 18.1. The highest BCUT2D eigenvalue weighted by Gasteiger charge is 2.19. The largest absolute Gasteiger partial charge is 0.748 e. The van der Waals surface area contributed by atoms with Crippen LogP contribution >= 0.6 is 0 Å². The smallest absolute Gasteiger partial charge is 0.0948 e. The number of nitrogens with zero attached hydrogens (tertiary/aromatic N) is 3. The first-order valence-electron chi connectivity index (χ1n) is 14.6. The second-order valence-electron chi connectivity index (χ2n) is 14.5. The molecule has 0 bridgehead atoms. The molecule has 39 heavy (non-hydrogen) atoms. The van der Waals surface area contributed by atoms with Gasteiger partial charge in [0.2, 0.25) is 0 Å². The van der Waals surface area contributed by atoms with Crippen LogP contribution in [-0.4, -0.2) is 134 Å². The zero-order valence-electron chi connectivity index (χ0n) is 28.2. The summed E-state index contributed by atoms with van der Waals surface area (Å²) in [6.07, 6.45) is 6.43. The molecule has 0 aliphatic heterocycles. The van der Waals surface area contributed by atoms with Crippen LogP contribution in [0.25, 0.3) is 0 Å². The average Bonchev–Trinajstić information content (AvgIpc) is 2.64. The normalized spacial score (nSPS) is 14.5. The van der Waals surface area contributed by atoms with Crippen LogP contribution in [-0.2, 0) is 19.9 Å². The van der Waals surface area contributed by atoms with Crippen LogP contribution in [0.3, 0.4) is 0 Å². The number of quaternary nitrogens is 3. The molecule has 10 heteroatoms. The van der Waals surface area contributed by atoms with E-state index in [0.29, 0.717) is 18.2 Å². The Kier molecular flexibility index (Phi) is 22.0. The fourth-order valence-electron chi connectivity index (χ4n) is 3.64. The summed E-state index contributed by atoms with van der Waals surface area (Å²) in [5.74, 6) is 4.95. The summed E-state index contributed by atoms with van der Waals surface area (Å²) in [6, 6.07) is 0.439. The van der Waals surface area contributed by atoms with Gasteiger partial charge in [0, 0.05) is 24.3 Å². The van der Waals surface area contributed by atoms with Crippen molar-refractivity contribution in [1.82, 2.24) is 0 Å². The van der Waals surface area contributed by atoms with Crippen molar-refractivity contribution in [3.05, 3.63) is 0 Å². The molecule has 8 nitrogen and oxygen atoms in total. The van der Waals surface area contributed by atoms with Crippen molar-refractivity contribution < 1.29 is 35.2 Å². The average molecular weight is 604 g/mol. The Balaban J connectivity index is -0.000000513. The molecular formula is C29H69N3O5S2+2. The van der Waals surface area contributed by atoms with E-state index < -0.39 is 19.9 Å². The van der Waals surface area contributed by atoms with Crippen molar-refractivity contribution in [2.45, 2.75) is 86.1 Å². The summed E-state index contributed by atoms with van der Waals surface area (Å²) in [5.41, 5.74) is 0. The van der Waals surface area contributed by atoms with Crippen LogP contribution in [0.4, 0.5) is 0 Å². The van der Waals surface area contributed by atoms with E-state index in [1.165, 1.54) is 32.2 Å². The van der Waals surface area contributed by atoms with Gasteiger partial charge in [0.05, 0.1) is 101 Å². The van der Waals surface area contributed by atoms with Crippen molar-refractivity contribution in [1.29, 1.82) is 0 Å². The fraction of sp³-hybridized carbons (Fsp3) is 0.966. The Morgan fingerprint density at radius 2 is 1.05 bits per heavy atom. The van der Waals surface area contributed by atoms with Gasteiger partial charge in [-0.1, -0.05) is 27.7 Å². The zero-order chi connectivity index (χ0) is 31.7. The first kappa shape index (κ1) is 43.2. The number of hydrogen-bond donors (Lipinski definition) is 1. The molecule has 0 aromatic heterocycles. The molecule has 1 atom stereocenters.